The number of amides is 1. The largest absolute Gasteiger partial charge is 0.480 e. The maximum Gasteiger partial charge on any atom is 0.326 e. The molecule has 1 aliphatic rings. The molecule has 7 heteroatoms. The van der Waals surface area contributed by atoms with Gasteiger partial charge >= 0.3 is 5.97 Å². The molecule has 1 fully saturated rings. The van der Waals surface area contributed by atoms with Gasteiger partial charge in [0.25, 0.3) is 5.91 Å². The average Bonchev–Trinajstić information content (AvgIpc) is 2.89. The molecule has 0 spiro atoms. The summed E-state index contributed by atoms with van der Waals surface area (Å²) < 4.78 is 11.9. The summed E-state index contributed by atoms with van der Waals surface area (Å²) in [6, 6.07) is 4.48. The molecule has 2 N–H and O–H groups in total. The molecule has 2 heterocycles. The van der Waals surface area contributed by atoms with Gasteiger partial charge in [-0.3, -0.25) is 4.79 Å². The molecule has 2 atom stereocenters. The molecule has 128 valence electrons. The van der Waals surface area contributed by atoms with Crippen molar-refractivity contribution in [3.05, 3.63) is 34.0 Å². The lowest BCUT2D eigenvalue weighted by Gasteiger charge is -2.27. The van der Waals surface area contributed by atoms with Gasteiger partial charge in [-0.2, -0.15) is 0 Å². The Labute approximate surface area is 147 Å². The monoisotopic (exact) mass is 395 g/mol. The van der Waals surface area contributed by atoms with Gasteiger partial charge in [0.05, 0.1) is 6.61 Å². The lowest BCUT2D eigenvalue weighted by molar-refractivity contribution is -0.142. The maximum absolute atomic E-state index is 12.6. The summed E-state index contributed by atoms with van der Waals surface area (Å²) in [7, 11) is 0. The van der Waals surface area contributed by atoms with Crippen molar-refractivity contribution in [3.8, 4) is 0 Å². The molecule has 24 heavy (non-hydrogen) atoms. The van der Waals surface area contributed by atoms with Gasteiger partial charge in [-0.1, -0.05) is 15.9 Å². The van der Waals surface area contributed by atoms with E-state index >= 15 is 0 Å². The summed E-state index contributed by atoms with van der Waals surface area (Å²) in [5.41, 5.74) is 1.28. The Hall–Kier alpha value is -1.86. The smallest absolute Gasteiger partial charge is 0.326 e. The SMILES string of the molecule is Cc1c(C(=O)NC(C(=O)O)C2CCCOC2)oc2ccc(Br)cc12. The van der Waals surface area contributed by atoms with Crippen LogP contribution in [-0.4, -0.2) is 36.2 Å². The van der Waals surface area contributed by atoms with Crippen molar-refractivity contribution >= 4 is 38.8 Å². The number of fused-ring (bicyclic) bond motifs is 1. The molecule has 0 radical (unpaired) electrons. The average molecular weight is 396 g/mol. The van der Waals surface area contributed by atoms with Gasteiger partial charge < -0.3 is 19.6 Å². The van der Waals surface area contributed by atoms with E-state index in [4.69, 9.17) is 9.15 Å². The van der Waals surface area contributed by atoms with E-state index in [1.807, 2.05) is 12.1 Å². The number of rotatable bonds is 4. The van der Waals surface area contributed by atoms with Gasteiger partial charge in [-0.15, -0.1) is 0 Å². The number of hydrogen-bond donors (Lipinski definition) is 2. The van der Waals surface area contributed by atoms with Gasteiger partial charge in [0.2, 0.25) is 0 Å². The molecule has 0 saturated carbocycles. The van der Waals surface area contributed by atoms with Gasteiger partial charge in [-0.05, 0) is 38.0 Å². The first-order chi connectivity index (χ1) is 11.5. The highest BCUT2D eigenvalue weighted by molar-refractivity contribution is 9.10. The molecule has 2 unspecified atom stereocenters. The molecule has 3 rings (SSSR count). The summed E-state index contributed by atoms with van der Waals surface area (Å²) in [6.07, 6.45) is 1.51. The summed E-state index contributed by atoms with van der Waals surface area (Å²) in [5.74, 6) is -1.67. The fourth-order valence-corrected chi connectivity index (χ4v) is 3.39. The lowest BCUT2D eigenvalue weighted by Crippen LogP contribution is -2.48. The molecule has 0 aliphatic carbocycles. The van der Waals surface area contributed by atoms with Crippen LogP contribution in [0.2, 0.25) is 0 Å². The third-order valence-electron chi connectivity index (χ3n) is 4.32. The molecule has 1 aromatic carbocycles. The van der Waals surface area contributed by atoms with Crippen molar-refractivity contribution in [2.75, 3.05) is 13.2 Å². The van der Waals surface area contributed by atoms with Crippen LogP contribution in [0.5, 0.6) is 0 Å². The quantitative estimate of drug-likeness (QED) is 0.829. The molecule has 1 saturated heterocycles. The minimum absolute atomic E-state index is 0.145. The fourth-order valence-electron chi connectivity index (χ4n) is 3.03. The topological polar surface area (TPSA) is 88.8 Å². The number of benzene rings is 1. The number of carbonyl (C=O) groups excluding carboxylic acids is 1. The van der Waals surface area contributed by atoms with Crippen LogP contribution in [0.25, 0.3) is 11.0 Å². The molecule has 2 aromatic rings. The number of nitrogens with one attached hydrogen (secondary N) is 1. The zero-order valence-electron chi connectivity index (χ0n) is 13.2. The minimum atomic E-state index is -1.06. The number of furan rings is 1. The molecule has 1 amide bonds. The Morgan fingerprint density at radius 1 is 1.42 bits per heavy atom. The van der Waals surface area contributed by atoms with Gasteiger partial charge in [0.15, 0.2) is 5.76 Å². The molecule has 1 aromatic heterocycles. The number of aliphatic carboxylic acids is 1. The van der Waals surface area contributed by atoms with Crippen LogP contribution in [0.1, 0.15) is 29.0 Å². The third-order valence-corrected chi connectivity index (χ3v) is 4.82. The number of carbonyl (C=O) groups is 2. The highest BCUT2D eigenvalue weighted by Gasteiger charge is 2.32. The Morgan fingerprint density at radius 2 is 2.21 bits per heavy atom. The van der Waals surface area contributed by atoms with Crippen molar-refractivity contribution < 1.29 is 23.8 Å². The second kappa shape index (κ2) is 6.94. The number of carboxylic acids is 1. The maximum atomic E-state index is 12.6. The van der Waals surface area contributed by atoms with E-state index in [2.05, 4.69) is 21.2 Å². The van der Waals surface area contributed by atoms with Gasteiger partial charge in [-0.25, -0.2) is 4.79 Å². The lowest BCUT2D eigenvalue weighted by atomic mass is 9.93. The van der Waals surface area contributed by atoms with Crippen molar-refractivity contribution in [2.24, 2.45) is 5.92 Å². The number of ether oxygens (including phenoxy) is 1. The molecule has 6 nitrogen and oxygen atoms in total. The number of aryl methyl sites for hydroxylation is 1. The zero-order chi connectivity index (χ0) is 17.3. The first-order valence-electron chi connectivity index (χ1n) is 7.77. The van der Waals surface area contributed by atoms with Crippen LogP contribution < -0.4 is 5.32 Å². The highest BCUT2D eigenvalue weighted by Crippen LogP contribution is 2.28. The first-order valence-corrected chi connectivity index (χ1v) is 8.56. The normalized spacial score (nSPS) is 19.2. The van der Waals surface area contributed by atoms with Crippen LogP contribution >= 0.6 is 15.9 Å². The van der Waals surface area contributed by atoms with Crippen LogP contribution in [0.15, 0.2) is 27.1 Å². The van der Waals surface area contributed by atoms with E-state index in [9.17, 15) is 14.7 Å². The van der Waals surface area contributed by atoms with E-state index in [1.165, 1.54) is 0 Å². The Balaban J connectivity index is 1.85. The van der Waals surface area contributed by atoms with Crippen LogP contribution in [0, 0.1) is 12.8 Å². The van der Waals surface area contributed by atoms with Crippen LogP contribution in [0.3, 0.4) is 0 Å². The zero-order valence-corrected chi connectivity index (χ0v) is 14.8. The second-order valence-corrected chi connectivity index (χ2v) is 6.88. The van der Waals surface area contributed by atoms with Gasteiger partial charge in [0, 0.05) is 27.9 Å². The van der Waals surface area contributed by atoms with Crippen LogP contribution in [-0.2, 0) is 9.53 Å². The van der Waals surface area contributed by atoms with E-state index < -0.39 is 17.9 Å². The van der Waals surface area contributed by atoms with Crippen LogP contribution in [0.4, 0.5) is 0 Å². The molecular weight excluding hydrogens is 378 g/mol. The van der Waals surface area contributed by atoms with E-state index in [0.29, 0.717) is 30.8 Å². The molecule has 0 bridgehead atoms. The summed E-state index contributed by atoms with van der Waals surface area (Å²) in [4.78, 5) is 24.1. The third kappa shape index (κ3) is 3.32. The number of hydrogen-bond acceptors (Lipinski definition) is 4. The highest BCUT2D eigenvalue weighted by atomic mass is 79.9. The fraction of sp³-hybridized carbons (Fsp3) is 0.412. The molecule has 1 aliphatic heterocycles. The first kappa shape index (κ1) is 17.0. The minimum Gasteiger partial charge on any atom is -0.480 e. The van der Waals surface area contributed by atoms with E-state index in [-0.39, 0.29) is 11.7 Å². The Bertz CT molecular complexity index is 779. The predicted molar refractivity (Wildman–Crippen MR) is 91.1 cm³/mol. The van der Waals surface area contributed by atoms with Crippen molar-refractivity contribution in [1.29, 1.82) is 0 Å². The second-order valence-electron chi connectivity index (χ2n) is 5.96. The number of carboxylic acid groups (broad SMARTS) is 1. The van der Waals surface area contributed by atoms with Crippen molar-refractivity contribution in [2.45, 2.75) is 25.8 Å². The number of halogens is 1. The van der Waals surface area contributed by atoms with E-state index in [0.717, 1.165) is 16.3 Å². The predicted octanol–water partition coefficient (Wildman–Crippen LogP) is 3.11. The van der Waals surface area contributed by atoms with Crippen molar-refractivity contribution in [3.63, 3.8) is 0 Å². The summed E-state index contributed by atoms with van der Waals surface area (Å²) in [5, 5.41) is 12.9. The Morgan fingerprint density at radius 3 is 2.88 bits per heavy atom. The van der Waals surface area contributed by atoms with Crippen molar-refractivity contribution in [1.82, 2.24) is 5.32 Å². The standard InChI is InChI=1S/C17H18BrNO5/c1-9-12-7-11(18)4-5-13(12)24-15(9)16(20)19-14(17(21)22)10-3-2-6-23-8-10/h4-5,7,10,14H,2-3,6,8H2,1H3,(H,19,20)(H,21,22). The summed E-state index contributed by atoms with van der Waals surface area (Å²) in [6.45, 7) is 2.75. The Kier molecular flexibility index (Phi) is 4.91. The summed E-state index contributed by atoms with van der Waals surface area (Å²) >= 11 is 3.39. The molecular formula is C17H18BrNO5. The van der Waals surface area contributed by atoms with Gasteiger partial charge in [0.1, 0.15) is 11.6 Å². The van der Waals surface area contributed by atoms with E-state index in [1.54, 1.807) is 13.0 Å².